The average molecular weight is 368 g/mol. The van der Waals surface area contributed by atoms with Gasteiger partial charge >= 0.3 is 5.97 Å². The molecule has 3 heterocycles. The molecule has 26 heavy (non-hydrogen) atoms. The van der Waals surface area contributed by atoms with Crippen molar-refractivity contribution in [2.24, 2.45) is 11.8 Å². The van der Waals surface area contributed by atoms with Gasteiger partial charge in [-0.05, 0) is 25.7 Å². The van der Waals surface area contributed by atoms with Gasteiger partial charge in [-0.25, -0.2) is 4.79 Å². The number of fused-ring (bicyclic) bond motifs is 3. The number of ether oxygens (including phenoxy) is 2. The number of esters is 1. The number of hydrogen-bond donors (Lipinski definition) is 1. The van der Waals surface area contributed by atoms with Crippen molar-refractivity contribution >= 4 is 17.8 Å². The number of rotatable bonds is 4. The van der Waals surface area contributed by atoms with E-state index in [1.807, 2.05) is 13.8 Å². The van der Waals surface area contributed by atoms with Crippen molar-refractivity contribution in [2.75, 3.05) is 13.2 Å². The van der Waals surface area contributed by atoms with E-state index in [2.05, 4.69) is 0 Å². The third kappa shape index (κ3) is 2.24. The van der Waals surface area contributed by atoms with Crippen LogP contribution < -0.4 is 0 Å². The van der Waals surface area contributed by atoms with Gasteiger partial charge in [-0.15, -0.1) is 0 Å². The fourth-order valence-electron chi connectivity index (χ4n) is 4.46. The van der Waals surface area contributed by atoms with E-state index in [9.17, 15) is 19.5 Å². The molecule has 3 saturated heterocycles. The summed E-state index contributed by atoms with van der Waals surface area (Å²) < 4.78 is 11.1. The third-order valence-corrected chi connectivity index (χ3v) is 5.72. The topological polar surface area (TPSA) is 96.4 Å². The van der Waals surface area contributed by atoms with Crippen molar-refractivity contribution in [1.82, 2.24) is 9.80 Å². The van der Waals surface area contributed by atoms with Crippen LogP contribution in [0.2, 0.25) is 0 Å². The van der Waals surface area contributed by atoms with Crippen LogP contribution in [0.25, 0.3) is 0 Å². The fraction of sp³-hybridized carbons (Fsp3) is 0.833. The molecule has 3 rings (SSSR count). The van der Waals surface area contributed by atoms with Gasteiger partial charge < -0.3 is 19.5 Å². The second-order valence-electron chi connectivity index (χ2n) is 7.93. The summed E-state index contributed by atoms with van der Waals surface area (Å²) in [7, 11) is 0. The van der Waals surface area contributed by atoms with Gasteiger partial charge in [0.25, 0.3) is 11.8 Å². The van der Waals surface area contributed by atoms with Crippen molar-refractivity contribution in [3.63, 3.8) is 0 Å². The third-order valence-electron chi connectivity index (χ3n) is 5.72. The lowest BCUT2D eigenvalue weighted by Gasteiger charge is -2.49. The molecule has 0 radical (unpaired) electrons. The van der Waals surface area contributed by atoms with Gasteiger partial charge in [0, 0.05) is 12.5 Å². The summed E-state index contributed by atoms with van der Waals surface area (Å²) in [5.41, 5.74) is -1.95. The lowest BCUT2D eigenvalue weighted by molar-refractivity contribution is -0.319. The monoisotopic (exact) mass is 368 g/mol. The predicted molar refractivity (Wildman–Crippen MR) is 90.4 cm³/mol. The largest absolute Gasteiger partial charge is 0.463 e. The molecule has 146 valence electrons. The maximum absolute atomic E-state index is 13.4. The minimum Gasteiger partial charge on any atom is -0.463 e. The lowest BCUT2D eigenvalue weighted by Crippen LogP contribution is -2.72. The summed E-state index contributed by atoms with van der Waals surface area (Å²) in [6.45, 7) is 9.22. The van der Waals surface area contributed by atoms with Crippen LogP contribution in [0.15, 0.2) is 0 Å². The van der Waals surface area contributed by atoms with Crippen LogP contribution in [0, 0.1) is 11.8 Å². The van der Waals surface area contributed by atoms with Crippen LogP contribution in [0.4, 0.5) is 0 Å². The summed E-state index contributed by atoms with van der Waals surface area (Å²) in [6, 6.07) is -1.55. The molecule has 8 heteroatoms. The Labute approximate surface area is 153 Å². The first-order chi connectivity index (χ1) is 12.1. The first-order valence-electron chi connectivity index (χ1n) is 9.36. The summed E-state index contributed by atoms with van der Waals surface area (Å²) in [4.78, 5) is 41.9. The molecule has 0 aromatic rings. The molecule has 3 fully saturated rings. The van der Waals surface area contributed by atoms with Gasteiger partial charge in [-0.3, -0.25) is 14.5 Å². The molecule has 0 aromatic heterocycles. The van der Waals surface area contributed by atoms with Crippen LogP contribution in [0.3, 0.4) is 0 Å². The van der Waals surface area contributed by atoms with Gasteiger partial charge in [-0.1, -0.05) is 27.7 Å². The van der Waals surface area contributed by atoms with E-state index in [0.717, 1.165) is 4.90 Å². The van der Waals surface area contributed by atoms with Crippen molar-refractivity contribution in [2.45, 2.75) is 71.1 Å². The zero-order chi connectivity index (χ0) is 19.4. The Bertz CT molecular complexity index is 635. The molecule has 4 atom stereocenters. The summed E-state index contributed by atoms with van der Waals surface area (Å²) in [5.74, 6) is -4.54. The van der Waals surface area contributed by atoms with Crippen LogP contribution in [-0.2, 0) is 23.9 Å². The van der Waals surface area contributed by atoms with E-state index >= 15 is 0 Å². The number of carbonyl (C=O) groups is 3. The standard InChI is InChI=1S/C18H28N2O6/c1-6-25-16(23)17(11(4)5)15(22)20-13(10(2)3)14(21)19-9-7-8-12(19)18(20,24)26-17/h10-13,24H,6-9H2,1-5H3/t12-,13+,17-,18+/m1/s1. The van der Waals surface area contributed by atoms with Crippen LogP contribution in [-0.4, -0.2) is 69.4 Å². The van der Waals surface area contributed by atoms with Gasteiger partial charge in [0.05, 0.1) is 6.61 Å². The lowest BCUT2D eigenvalue weighted by atomic mass is 9.88. The molecule has 0 saturated carbocycles. The van der Waals surface area contributed by atoms with E-state index in [1.54, 1.807) is 25.7 Å². The quantitative estimate of drug-likeness (QED) is 0.573. The molecule has 0 spiro atoms. The average Bonchev–Trinajstić information content (AvgIpc) is 3.13. The highest BCUT2D eigenvalue weighted by Gasteiger charge is 2.74. The van der Waals surface area contributed by atoms with Crippen molar-refractivity contribution in [3.8, 4) is 0 Å². The molecule has 0 aliphatic carbocycles. The fourth-order valence-corrected chi connectivity index (χ4v) is 4.46. The summed E-state index contributed by atoms with van der Waals surface area (Å²) in [6.07, 6.45) is 1.22. The van der Waals surface area contributed by atoms with Crippen molar-refractivity contribution in [1.29, 1.82) is 0 Å². The maximum Gasteiger partial charge on any atom is 0.348 e. The van der Waals surface area contributed by atoms with E-state index < -0.39 is 41.4 Å². The molecule has 1 N–H and O–H groups in total. The van der Waals surface area contributed by atoms with E-state index in [0.29, 0.717) is 19.4 Å². The second-order valence-corrected chi connectivity index (χ2v) is 7.93. The van der Waals surface area contributed by atoms with Crippen LogP contribution >= 0.6 is 0 Å². The highest BCUT2D eigenvalue weighted by atomic mass is 16.7. The Morgan fingerprint density at radius 2 is 2.00 bits per heavy atom. The molecule has 8 nitrogen and oxygen atoms in total. The number of carbonyl (C=O) groups excluding carboxylic acids is 3. The van der Waals surface area contributed by atoms with Gasteiger partial charge in [0.2, 0.25) is 11.5 Å². The van der Waals surface area contributed by atoms with E-state index in [1.165, 1.54) is 0 Å². The molecular formula is C18H28N2O6. The minimum atomic E-state index is -2.02. The molecular weight excluding hydrogens is 340 g/mol. The Kier molecular flexibility index (Phi) is 4.55. The Balaban J connectivity index is 2.16. The highest BCUT2D eigenvalue weighted by Crippen LogP contribution is 2.49. The normalized spacial score (nSPS) is 36.8. The number of piperazine rings is 1. The maximum atomic E-state index is 13.4. The molecule has 0 unspecified atom stereocenters. The van der Waals surface area contributed by atoms with Crippen molar-refractivity contribution in [3.05, 3.63) is 0 Å². The molecule has 2 amide bonds. The molecule has 0 bridgehead atoms. The first-order valence-corrected chi connectivity index (χ1v) is 9.36. The summed E-state index contributed by atoms with van der Waals surface area (Å²) >= 11 is 0. The van der Waals surface area contributed by atoms with E-state index in [4.69, 9.17) is 9.47 Å². The number of amides is 2. The number of nitrogens with zero attached hydrogens (tertiary/aromatic N) is 2. The minimum absolute atomic E-state index is 0.0878. The summed E-state index contributed by atoms with van der Waals surface area (Å²) in [5, 5.41) is 11.5. The molecule has 3 aliphatic rings. The molecule has 0 aromatic carbocycles. The smallest absolute Gasteiger partial charge is 0.348 e. The first kappa shape index (κ1) is 19.1. The predicted octanol–water partition coefficient (Wildman–Crippen LogP) is 0.478. The zero-order valence-corrected chi connectivity index (χ0v) is 16.0. The number of hydrogen-bond acceptors (Lipinski definition) is 6. The SMILES string of the molecule is CCOC(=O)[C@]1(C(C)C)O[C@@]2(O)[C@H]3CCCN3C(=O)[C@H](C(C)C)N2C1=O. The zero-order valence-electron chi connectivity index (χ0n) is 16.0. The molecule has 3 aliphatic heterocycles. The Morgan fingerprint density at radius 1 is 1.35 bits per heavy atom. The second kappa shape index (κ2) is 6.20. The van der Waals surface area contributed by atoms with Crippen LogP contribution in [0.1, 0.15) is 47.5 Å². The van der Waals surface area contributed by atoms with Gasteiger partial charge in [-0.2, -0.15) is 0 Å². The van der Waals surface area contributed by atoms with Crippen LogP contribution in [0.5, 0.6) is 0 Å². The Hall–Kier alpha value is -1.67. The highest BCUT2D eigenvalue weighted by molar-refractivity contribution is 6.09. The Morgan fingerprint density at radius 3 is 2.54 bits per heavy atom. The van der Waals surface area contributed by atoms with Crippen molar-refractivity contribution < 1.29 is 29.0 Å². The van der Waals surface area contributed by atoms with Gasteiger partial charge in [0.15, 0.2) is 0 Å². The number of aliphatic hydroxyl groups is 1. The van der Waals surface area contributed by atoms with Gasteiger partial charge in [0.1, 0.15) is 12.1 Å². The van der Waals surface area contributed by atoms with E-state index in [-0.39, 0.29) is 18.4 Å².